The van der Waals surface area contributed by atoms with Crippen LogP contribution in [0.2, 0.25) is 0 Å². The van der Waals surface area contributed by atoms with Gasteiger partial charge in [0.15, 0.2) is 0 Å². The molecule has 0 aliphatic rings. The first-order chi connectivity index (χ1) is 28.9. The van der Waals surface area contributed by atoms with Crippen molar-refractivity contribution >= 4 is 5.97 Å². The van der Waals surface area contributed by atoms with Gasteiger partial charge in [-0.05, 0) is 12.8 Å². The van der Waals surface area contributed by atoms with Gasteiger partial charge in [-0.3, -0.25) is 0 Å². The fourth-order valence-electron chi connectivity index (χ4n) is 3.26. The van der Waals surface area contributed by atoms with E-state index < -0.39 is 165 Å². The number of carboxylic acids is 1. The van der Waals surface area contributed by atoms with Crippen molar-refractivity contribution in [3.63, 3.8) is 0 Å². The van der Waals surface area contributed by atoms with Crippen molar-refractivity contribution in [1.82, 2.24) is 0 Å². The van der Waals surface area contributed by atoms with Gasteiger partial charge in [-0.2, -0.15) is 0 Å². The molecule has 0 saturated heterocycles. The Morgan fingerprint density at radius 1 is 0.311 bits per heavy atom. The highest BCUT2D eigenvalue weighted by atomic mass is 16.4. The fraction of sp³-hybridized carbons (Fsp3) is 0.923. The SMILES string of the molecule is C=C(CCCCCCCCCCC)C(=O)O.OCC(CO)(CO)CO.OCC(CO)(CO)CO.OCC(CO)(CO)CO.OCC(CO)(CO)CO.OCC(CO)(CO)CO. The van der Waals surface area contributed by atoms with Crippen molar-refractivity contribution < 1.29 is 112 Å². The predicted molar refractivity (Wildman–Crippen MR) is 223 cm³/mol. The topological polar surface area (TPSA) is 442 Å². The van der Waals surface area contributed by atoms with Crippen molar-refractivity contribution in [3.8, 4) is 0 Å². The largest absolute Gasteiger partial charge is 0.478 e. The van der Waals surface area contributed by atoms with Gasteiger partial charge in [-0.25, -0.2) is 4.79 Å². The van der Waals surface area contributed by atoms with Gasteiger partial charge < -0.3 is 107 Å². The van der Waals surface area contributed by atoms with Crippen LogP contribution in [0.4, 0.5) is 0 Å². The van der Waals surface area contributed by atoms with Crippen LogP contribution >= 0.6 is 0 Å². The van der Waals surface area contributed by atoms with Gasteiger partial charge in [0.05, 0.1) is 159 Å². The highest BCUT2D eigenvalue weighted by Gasteiger charge is 2.29. The van der Waals surface area contributed by atoms with Crippen molar-refractivity contribution in [2.24, 2.45) is 27.1 Å². The van der Waals surface area contributed by atoms with E-state index in [0.717, 1.165) is 12.8 Å². The molecule has 0 unspecified atom stereocenters. The number of hydrogen-bond donors (Lipinski definition) is 21. The maximum absolute atomic E-state index is 10.5. The second kappa shape index (κ2) is 46.4. The van der Waals surface area contributed by atoms with E-state index in [4.69, 9.17) is 107 Å². The van der Waals surface area contributed by atoms with E-state index in [9.17, 15) is 4.79 Å². The zero-order valence-electron chi connectivity index (χ0n) is 36.2. The van der Waals surface area contributed by atoms with Crippen LogP contribution in [0.15, 0.2) is 12.2 Å². The highest BCUT2D eigenvalue weighted by molar-refractivity contribution is 5.85. The quantitative estimate of drug-likeness (QED) is 0.0228. The Kier molecular flexibility index (Phi) is 54.1. The number of carboxylic acid groups (broad SMARTS) is 1. The van der Waals surface area contributed by atoms with E-state index in [1.54, 1.807) is 0 Å². The minimum absolute atomic E-state index is 0.350. The number of carbonyl (C=O) groups is 1. The van der Waals surface area contributed by atoms with Crippen LogP contribution in [-0.4, -0.2) is 245 Å². The average Bonchev–Trinajstić information content (AvgIpc) is 3.31. The monoisotopic (exact) mass is 907 g/mol. The van der Waals surface area contributed by atoms with Crippen molar-refractivity contribution in [2.45, 2.75) is 71.1 Å². The first-order valence-electron chi connectivity index (χ1n) is 20.0. The van der Waals surface area contributed by atoms with Crippen molar-refractivity contribution in [3.05, 3.63) is 12.2 Å². The first kappa shape index (κ1) is 71.1. The van der Waals surface area contributed by atoms with E-state index in [0.29, 0.717) is 12.0 Å². The molecule has 0 rings (SSSR count). The number of unbranched alkanes of at least 4 members (excludes halogenated alkanes) is 8. The molecule has 21 N–H and O–H groups in total. The molecule has 0 aliphatic heterocycles. The maximum Gasteiger partial charge on any atom is 0.330 e. The summed E-state index contributed by atoms with van der Waals surface area (Å²) >= 11 is 0. The van der Waals surface area contributed by atoms with Crippen LogP contribution in [0.1, 0.15) is 71.1 Å². The van der Waals surface area contributed by atoms with Gasteiger partial charge >= 0.3 is 5.97 Å². The molecule has 0 aliphatic carbocycles. The molecule has 22 nitrogen and oxygen atoms in total. The highest BCUT2D eigenvalue weighted by Crippen LogP contribution is 2.15. The molecular weight excluding hydrogens is 820 g/mol. The van der Waals surface area contributed by atoms with Crippen LogP contribution in [0, 0.1) is 27.1 Å². The molecule has 22 heteroatoms. The molecule has 0 saturated carbocycles. The number of rotatable bonds is 31. The molecule has 0 amide bonds. The maximum atomic E-state index is 10.5. The number of aliphatic hydroxyl groups is 20. The molecular formula is C39H86O22. The summed E-state index contributed by atoms with van der Waals surface area (Å²) in [5.74, 6) is -0.848. The molecule has 0 heterocycles. The summed E-state index contributed by atoms with van der Waals surface area (Å²) in [4.78, 5) is 10.5. The first-order valence-corrected chi connectivity index (χ1v) is 20.0. The molecule has 0 fully saturated rings. The second-order valence-electron chi connectivity index (χ2n) is 15.1. The van der Waals surface area contributed by atoms with Crippen LogP contribution in [0.5, 0.6) is 0 Å². The van der Waals surface area contributed by atoms with Crippen molar-refractivity contribution in [1.29, 1.82) is 0 Å². The number of aliphatic hydroxyl groups excluding tert-OH is 20. The van der Waals surface area contributed by atoms with Gasteiger partial charge in [0.25, 0.3) is 0 Å². The summed E-state index contributed by atoms with van der Waals surface area (Å²) in [7, 11) is 0. The molecule has 61 heavy (non-hydrogen) atoms. The summed E-state index contributed by atoms with van der Waals surface area (Å²) in [5, 5.41) is 179. The minimum Gasteiger partial charge on any atom is -0.478 e. The Bertz CT molecular complexity index is 704. The summed E-state index contributed by atoms with van der Waals surface area (Å²) < 4.78 is 0. The van der Waals surface area contributed by atoms with E-state index in [-0.39, 0.29) is 0 Å². The zero-order chi connectivity index (χ0) is 48.9. The smallest absolute Gasteiger partial charge is 0.330 e. The lowest BCUT2D eigenvalue weighted by Crippen LogP contribution is -2.37. The van der Waals surface area contributed by atoms with Gasteiger partial charge in [-0.15, -0.1) is 0 Å². The Morgan fingerprint density at radius 3 is 0.574 bits per heavy atom. The number of hydrogen-bond acceptors (Lipinski definition) is 21. The normalized spacial score (nSPS) is 11.6. The molecule has 0 aromatic rings. The molecule has 0 bridgehead atoms. The molecule has 0 aromatic carbocycles. The lowest BCUT2D eigenvalue weighted by Gasteiger charge is -2.23. The van der Waals surface area contributed by atoms with Crippen LogP contribution in [-0.2, 0) is 4.79 Å². The lowest BCUT2D eigenvalue weighted by atomic mass is 9.93. The molecule has 0 spiro atoms. The third kappa shape index (κ3) is 34.5. The van der Waals surface area contributed by atoms with Crippen LogP contribution in [0.25, 0.3) is 0 Å². The number of aliphatic carboxylic acids is 1. The molecule has 374 valence electrons. The van der Waals surface area contributed by atoms with Crippen molar-refractivity contribution in [2.75, 3.05) is 132 Å². The Morgan fingerprint density at radius 2 is 0.459 bits per heavy atom. The summed E-state index contributed by atoms with van der Waals surface area (Å²) in [6, 6.07) is 0. The predicted octanol–water partition coefficient (Wildman–Crippen LogP) is -5.74. The van der Waals surface area contributed by atoms with Gasteiger partial charge in [0.2, 0.25) is 0 Å². The molecule has 0 aromatic heterocycles. The second-order valence-corrected chi connectivity index (χ2v) is 15.1. The van der Waals surface area contributed by atoms with E-state index in [1.807, 2.05) is 0 Å². The Labute approximate surface area is 360 Å². The van der Waals surface area contributed by atoms with Crippen LogP contribution in [0.3, 0.4) is 0 Å². The van der Waals surface area contributed by atoms with Crippen LogP contribution < -0.4 is 0 Å². The van der Waals surface area contributed by atoms with E-state index in [1.165, 1.54) is 44.9 Å². The molecule has 0 atom stereocenters. The average molecular weight is 907 g/mol. The zero-order valence-corrected chi connectivity index (χ0v) is 36.2. The Balaban J connectivity index is -0.000000152. The summed E-state index contributed by atoms with van der Waals surface area (Å²) in [6.45, 7) is -2.37. The fourth-order valence-corrected chi connectivity index (χ4v) is 3.26. The lowest BCUT2D eigenvalue weighted by molar-refractivity contribution is -0.132. The third-order valence-electron chi connectivity index (χ3n) is 9.59. The van der Waals surface area contributed by atoms with Gasteiger partial charge in [-0.1, -0.05) is 64.9 Å². The minimum atomic E-state index is -1.11. The van der Waals surface area contributed by atoms with Gasteiger partial charge in [0.1, 0.15) is 0 Å². The Hall–Kier alpha value is -1.59. The summed E-state index contributed by atoms with van der Waals surface area (Å²) in [5.41, 5.74) is -5.21. The van der Waals surface area contributed by atoms with E-state index >= 15 is 0 Å². The molecule has 0 radical (unpaired) electrons. The van der Waals surface area contributed by atoms with E-state index in [2.05, 4.69) is 13.5 Å². The van der Waals surface area contributed by atoms with Gasteiger partial charge in [0, 0.05) is 5.57 Å². The third-order valence-corrected chi connectivity index (χ3v) is 9.59. The standard InChI is InChI=1S/C14H26O2.5C5H12O4/c1-3-4-5-6-7-8-9-10-11-12-13(2)14(15)16;5*6-1-5(2-7,3-8)4-9/h2-12H2,1H3,(H,15,16);5*6-9H,1-4H2. The summed E-state index contributed by atoms with van der Waals surface area (Å²) in [6.07, 6.45) is 12.0.